The second-order valence-corrected chi connectivity index (χ2v) is 17.7. The van der Waals surface area contributed by atoms with Gasteiger partial charge in [0.2, 0.25) is 0 Å². The third-order valence-corrected chi connectivity index (χ3v) is 11.2. The molecule has 3 heterocycles. The molecule has 0 aliphatic heterocycles. The van der Waals surface area contributed by atoms with E-state index < -0.39 is 0 Å². The molecule has 5 heteroatoms. The summed E-state index contributed by atoms with van der Waals surface area (Å²) >= 11 is 0. The van der Waals surface area contributed by atoms with Crippen LogP contribution in [0.4, 0.5) is 17.2 Å². The molecule has 0 atom stereocenters. The normalized spacial score (nSPS) is 11.9. The van der Waals surface area contributed by atoms with Crippen molar-refractivity contribution in [1.29, 1.82) is 0 Å². The molecular weight excluding hydrogens is 900 g/mol. The predicted octanol–water partition coefficient (Wildman–Crippen LogP) is 14.4. The first-order chi connectivity index (χ1) is 27.8. The fourth-order valence-corrected chi connectivity index (χ4v) is 8.02. The number of pyridine rings is 2. The van der Waals surface area contributed by atoms with E-state index in [9.17, 15) is 0 Å². The maximum atomic E-state index is 5.51. The van der Waals surface area contributed by atoms with Gasteiger partial charge in [-0.05, 0) is 110 Å². The molecule has 9 rings (SSSR count). The molecule has 0 aliphatic carbocycles. The maximum Gasteiger partial charge on any atom is 2.00 e. The number of fused-ring (bicyclic) bond motifs is 4. The van der Waals surface area contributed by atoms with Crippen molar-refractivity contribution in [3.8, 4) is 33.6 Å². The molecular formula is C54H48N4Pt. The molecule has 0 spiro atoms. The number of anilines is 3. The molecule has 0 amide bonds. The average Bonchev–Trinajstić information content (AvgIpc) is 3.57. The number of aryl methyl sites for hydroxylation is 2. The van der Waals surface area contributed by atoms with Gasteiger partial charge in [0.05, 0.1) is 11.4 Å². The van der Waals surface area contributed by atoms with Gasteiger partial charge in [0.25, 0.3) is 0 Å². The molecule has 0 radical (unpaired) electrons. The zero-order valence-corrected chi connectivity index (χ0v) is 37.2. The molecule has 3 aromatic heterocycles. The predicted molar refractivity (Wildman–Crippen MR) is 245 cm³/mol. The van der Waals surface area contributed by atoms with Crippen LogP contribution in [0.3, 0.4) is 0 Å². The van der Waals surface area contributed by atoms with Crippen LogP contribution in [0.5, 0.6) is 0 Å². The van der Waals surface area contributed by atoms with Crippen molar-refractivity contribution >= 4 is 49.8 Å². The zero-order valence-electron chi connectivity index (χ0n) is 35.0. The molecule has 0 saturated heterocycles. The molecule has 0 aliphatic rings. The Bertz CT molecular complexity index is 2960. The minimum absolute atomic E-state index is 0. The number of benzene rings is 6. The Morgan fingerprint density at radius 3 is 2.00 bits per heavy atom. The van der Waals surface area contributed by atoms with Crippen LogP contribution < -0.4 is 9.88 Å². The van der Waals surface area contributed by atoms with E-state index in [1.165, 1.54) is 33.2 Å². The minimum Gasteiger partial charge on any atom is -0.656 e. The molecule has 6 aromatic carbocycles. The van der Waals surface area contributed by atoms with Crippen LogP contribution in [0.25, 0.3) is 66.2 Å². The number of hydrogen-bond donors (Lipinski definition) is 0. The summed E-state index contributed by atoms with van der Waals surface area (Å²) < 4.78 is 0. The second-order valence-electron chi connectivity index (χ2n) is 17.7. The first kappa shape index (κ1) is 40.0. The Hall–Kier alpha value is -5.83. The van der Waals surface area contributed by atoms with Crippen LogP contribution in [-0.2, 0) is 31.9 Å². The standard InChI is InChI=1S/C54H48N4.Pt/c1-34-22-23-47-44(25-34)45-26-35(2)27-46(52(45)57-47)49-32-39(38-28-40(53(3,4)5)33-41(29-38)54(6,7)8)31-48(56-49)37-17-13-18-42(30-37)58(51-21-11-12-24-55-51)50-20-14-16-36-15-9-10-19-43(36)50;/h9-29,31-33H,1-8H3;/q-2;+2. The van der Waals surface area contributed by atoms with E-state index in [0.717, 1.165) is 72.5 Å². The number of aromatic nitrogens is 3. The van der Waals surface area contributed by atoms with Gasteiger partial charge in [-0.3, -0.25) is 4.98 Å². The molecule has 0 unspecified atom stereocenters. The van der Waals surface area contributed by atoms with Crippen LogP contribution in [-0.4, -0.2) is 9.97 Å². The van der Waals surface area contributed by atoms with Crippen molar-refractivity contribution in [2.75, 3.05) is 4.90 Å². The van der Waals surface area contributed by atoms with E-state index in [1.807, 2.05) is 18.3 Å². The van der Waals surface area contributed by atoms with Gasteiger partial charge in [0.1, 0.15) is 5.82 Å². The Kier molecular flexibility index (Phi) is 10.4. The molecule has 9 aromatic rings. The topological polar surface area (TPSA) is 43.1 Å². The summed E-state index contributed by atoms with van der Waals surface area (Å²) in [5.41, 5.74) is 14.7. The number of hydrogen-bond acceptors (Lipinski definition) is 3. The molecule has 0 fully saturated rings. The molecule has 294 valence electrons. The molecule has 0 N–H and O–H groups in total. The molecule has 59 heavy (non-hydrogen) atoms. The Morgan fingerprint density at radius 2 is 1.25 bits per heavy atom. The van der Waals surface area contributed by atoms with Gasteiger partial charge >= 0.3 is 21.1 Å². The quantitative estimate of drug-likeness (QED) is 0.156. The van der Waals surface area contributed by atoms with Crippen LogP contribution in [0.15, 0.2) is 146 Å². The molecule has 4 nitrogen and oxygen atoms in total. The summed E-state index contributed by atoms with van der Waals surface area (Å²) in [5, 5.41) is 4.63. The van der Waals surface area contributed by atoms with E-state index in [-0.39, 0.29) is 31.9 Å². The summed E-state index contributed by atoms with van der Waals surface area (Å²) in [6, 6.07) is 53.8. The summed E-state index contributed by atoms with van der Waals surface area (Å²) in [5.74, 6) is 0.815. The van der Waals surface area contributed by atoms with Gasteiger partial charge in [-0.2, -0.15) is 0 Å². The van der Waals surface area contributed by atoms with Crippen molar-refractivity contribution < 1.29 is 21.1 Å². The van der Waals surface area contributed by atoms with Gasteiger partial charge in [0, 0.05) is 11.6 Å². The van der Waals surface area contributed by atoms with E-state index >= 15 is 0 Å². The van der Waals surface area contributed by atoms with E-state index in [4.69, 9.17) is 15.0 Å². The van der Waals surface area contributed by atoms with Crippen molar-refractivity contribution in [2.24, 2.45) is 0 Å². The van der Waals surface area contributed by atoms with Crippen molar-refractivity contribution in [3.63, 3.8) is 0 Å². The first-order valence-corrected chi connectivity index (χ1v) is 20.2. The van der Waals surface area contributed by atoms with E-state index in [0.29, 0.717) is 0 Å². The number of nitrogens with zero attached hydrogens (tertiary/aromatic N) is 4. The molecule has 0 saturated carbocycles. The van der Waals surface area contributed by atoms with Crippen molar-refractivity contribution in [3.05, 3.63) is 174 Å². The van der Waals surface area contributed by atoms with Gasteiger partial charge < -0.3 is 9.88 Å². The molecule has 0 bridgehead atoms. The largest absolute Gasteiger partial charge is 2.00 e. The third-order valence-electron chi connectivity index (χ3n) is 11.2. The van der Waals surface area contributed by atoms with Gasteiger partial charge in [0.15, 0.2) is 0 Å². The maximum absolute atomic E-state index is 5.51. The SMILES string of the molecule is Cc1ccc2[n-]c3c(-c4cc(-c5cc(C(C)(C)C)cc(C(C)(C)C)c5)cc(-c5[c-]c(N(c6ccccn6)c6cccc7ccccc67)ccc5)n4)cc(C)cc3c2c1.[Pt+2]. The minimum atomic E-state index is -0.0342. The zero-order chi connectivity index (χ0) is 40.3. The first-order valence-electron chi connectivity index (χ1n) is 20.2. The van der Waals surface area contributed by atoms with Gasteiger partial charge in [-0.25, -0.2) is 4.98 Å². The van der Waals surface area contributed by atoms with E-state index in [2.05, 4.69) is 194 Å². The Labute approximate surface area is 362 Å². The van der Waals surface area contributed by atoms with Gasteiger partial charge in [-0.1, -0.05) is 144 Å². The van der Waals surface area contributed by atoms with Gasteiger partial charge in [-0.15, -0.1) is 40.9 Å². The van der Waals surface area contributed by atoms with E-state index in [1.54, 1.807) is 0 Å². The van der Waals surface area contributed by atoms with Crippen LogP contribution in [0.2, 0.25) is 0 Å². The third kappa shape index (κ3) is 7.75. The summed E-state index contributed by atoms with van der Waals surface area (Å²) in [6.45, 7) is 18.1. The number of rotatable bonds is 6. The fraction of sp³-hybridized carbons (Fsp3) is 0.185. The van der Waals surface area contributed by atoms with Crippen molar-refractivity contribution in [1.82, 2.24) is 15.0 Å². The summed E-state index contributed by atoms with van der Waals surface area (Å²) in [6.07, 6.45) is 1.84. The van der Waals surface area contributed by atoms with Crippen molar-refractivity contribution in [2.45, 2.75) is 66.2 Å². The Morgan fingerprint density at radius 1 is 0.576 bits per heavy atom. The monoisotopic (exact) mass is 947 g/mol. The smallest absolute Gasteiger partial charge is 0.656 e. The summed E-state index contributed by atoms with van der Waals surface area (Å²) in [7, 11) is 0. The van der Waals surface area contributed by atoms with Crippen LogP contribution >= 0.6 is 0 Å². The fourth-order valence-electron chi connectivity index (χ4n) is 8.02. The second kappa shape index (κ2) is 15.4. The van der Waals surface area contributed by atoms with Crippen LogP contribution in [0.1, 0.15) is 63.8 Å². The Balaban J connectivity index is 0.00000484. The average molecular weight is 948 g/mol. The van der Waals surface area contributed by atoms with Crippen LogP contribution in [0, 0.1) is 19.9 Å². The summed E-state index contributed by atoms with van der Waals surface area (Å²) in [4.78, 5) is 17.8.